The van der Waals surface area contributed by atoms with Crippen LogP contribution in [-0.4, -0.2) is 35.4 Å². The molecular formula is C11H14ClN3O. The van der Waals surface area contributed by atoms with Crippen molar-refractivity contribution in [1.82, 2.24) is 15.2 Å². The first-order chi connectivity index (χ1) is 7.74. The van der Waals surface area contributed by atoms with Gasteiger partial charge in [-0.25, -0.2) is 0 Å². The molecule has 1 aromatic heterocycles. The standard InChI is InChI=1S/C11H14ClN3O/c12-9-2-4-13-10(6-9)7-15-5-1-3-14-11(16)8-15/h2,4,6H,1,3,5,7-8H2,(H,14,16). The second-order valence-electron chi connectivity index (χ2n) is 3.88. The largest absolute Gasteiger partial charge is 0.355 e. The Bertz CT molecular complexity index is 383. The minimum Gasteiger partial charge on any atom is -0.355 e. The Balaban J connectivity index is 2.00. The Kier molecular flexibility index (Phi) is 3.74. The maximum atomic E-state index is 11.4. The molecule has 1 aliphatic rings. The minimum absolute atomic E-state index is 0.0829. The predicted molar refractivity (Wildman–Crippen MR) is 62.2 cm³/mol. The Hall–Kier alpha value is -1.13. The molecule has 2 heterocycles. The molecule has 1 aliphatic heterocycles. The van der Waals surface area contributed by atoms with Crippen LogP contribution in [0.25, 0.3) is 0 Å². The van der Waals surface area contributed by atoms with Gasteiger partial charge in [0.05, 0.1) is 12.2 Å². The van der Waals surface area contributed by atoms with Gasteiger partial charge in [0, 0.05) is 30.9 Å². The Labute approximate surface area is 99.6 Å². The average Bonchev–Trinajstić information content (AvgIpc) is 2.43. The summed E-state index contributed by atoms with van der Waals surface area (Å²) in [4.78, 5) is 17.7. The number of amides is 1. The van der Waals surface area contributed by atoms with Crippen molar-refractivity contribution in [3.8, 4) is 0 Å². The fourth-order valence-electron chi connectivity index (χ4n) is 1.77. The molecule has 0 aromatic carbocycles. The number of pyridine rings is 1. The zero-order valence-corrected chi connectivity index (χ0v) is 9.70. The van der Waals surface area contributed by atoms with Crippen LogP contribution in [0.2, 0.25) is 5.02 Å². The lowest BCUT2D eigenvalue weighted by Crippen LogP contribution is -2.32. The van der Waals surface area contributed by atoms with E-state index in [1.165, 1.54) is 0 Å². The van der Waals surface area contributed by atoms with E-state index in [9.17, 15) is 4.79 Å². The smallest absolute Gasteiger partial charge is 0.234 e. The van der Waals surface area contributed by atoms with Crippen LogP contribution in [0.5, 0.6) is 0 Å². The van der Waals surface area contributed by atoms with E-state index in [0.29, 0.717) is 18.1 Å². The molecule has 1 N–H and O–H groups in total. The van der Waals surface area contributed by atoms with E-state index < -0.39 is 0 Å². The first-order valence-corrected chi connectivity index (χ1v) is 5.71. The quantitative estimate of drug-likeness (QED) is 0.840. The Morgan fingerprint density at radius 1 is 1.56 bits per heavy atom. The van der Waals surface area contributed by atoms with Gasteiger partial charge >= 0.3 is 0 Å². The molecular weight excluding hydrogens is 226 g/mol. The van der Waals surface area contributed by atoms with Crippen LogP contribution in [0.3, 0.4) is 0 Å². The molecule has 1 amide bonds. The van der Waals surface area contributed by atoms with E-state index in [1.807, 2.05) is 6.07 Å². The highest BCUT2D eigenvalue weighted by Crippen LogP contribution is 2.10. The molecule has 0 atom stereocenters. The third-order valence-electron chi connectivity index (χ3n) is 2.50. The van der Waals surface area contributed by atoms with E-state index in [-0.39, 0.29) is 5.91 Å². The molecule has 0 spiro atoms. The molecule has 1 fully saturated rings. The second kappa shape index (κ2) is 5.27. The van der Waals surface area contributed by atoms with Crippen molar-refractivity contribution in [2.45, 2.75) is 13.0 Å². The van der Waals surface area contributed by atoms with Crippen molar-refractivity contribution in [2.75, 3.05) is 19.6 Å². The normalized spacial score (nSPS) is 17.9. The second-order valence-corrected chi connectivity index (χ2v) is 4.32. The third kappa shape index (κ3) is 3.18. The maximum absolute atomic E-state index is 11.4. The summed E-state index contributed by atoms with van der Waals surface area (Å²) in [7, 11) is 0. The first-order valence-electron chi connectivity index (χ1n) is 5.33. The van der Waals surface area contributed by atoms with Crippen molar-refractivity contribution in [1.29, 1.82) is 0 Å². The Morgan fingerprint density at radius 3 is 3.25 bits per heavy atom. The first kappa shape index (κ1) is 11.4. The lowest BCUT2D eigenvalue weighted by atomic mass is 10.3. The minimum atomic E-state index is 0.0829. The molecule has 0 radical (unpaired) electrons. The van der Waals surface area contributed by atoms with Gasteiger partial charge in [-0.3, -0.25) is 14.7 Å². The number of aromatic nitrogens is 1. The van der Waals surface area contributed by atoms with Gasteiger partial charge < -0.3 is 5.32 Å². The summed E-state index contributed by atoms with van der Waals surface area (Å²) in [6.45, 7) is 2.79. The monoisotopic (exact) mass is 239 g/mol. The topological polar surface area (TPSA) is 45.2 Å². The van der Waals surface area contributed by atoms with Crippen molar-refractivity contribution < 1.29 is 4.79 Å². The van der Waals surface area contributed by atoms with Gasteiger partial charge in [0.15, 0.2) is 0 Å². The van der Waals surface area contributed by atoms with Gasteiger partial charge in [0.25, 0.3) is 0 Å². The summed E-state index contributed by atoms with van der Waals surface area (Å²) < 4.78 is 0. The van der Waals surface area contributed by atoms with Crippen molar-refractivity contribution in [3.63, 3.8) is 0 Å². The molecule has 0 aliphatic carbocycles. The number of nitrogens with one attached hydrogen (secondary N) is 1. The summed E-state index contributed by atoms with van der Waals surface area (Å²) in [5.41, 5.74) is 0.905. The number of nitrogens with zero attached hydrogens (tertiary/aromatic N) is 2. The summed E-state index contributed by atoms with van der Waals surface area (Å²) >= 11 is 5.89. The van der Waals surface area contributed by atoms with Crippen LogP contribution in [0.15, 0.2) is 18.3 Å². The van der Waals surface area contributed by atoms with Crippen molar-refractivity contribution in [3.05, 3.63) is 29.0 Å². The molecule has 16 heavy (non-hydrogen) atoms. The lowest BCUT2D eigenvalue weighted by Gasteiger charge is -2.17. The molecule has 1 aromatic rings. The molecule has 0 saturated carbocycles. The molecule has 2 rings (SSSR count). The summed E-state index contributed by atoms with van der Waals surface area (Å²) in [5.74, 6) is 0.0829. The molecule has 86 valence electrons. The summed E-state index contributed by atoms with van der Waals surface area (Å²) in [6, 6.07) is 3.59. The van der Waals surface area contributed by atoms with E-state index in [4.69, 9.17) is 11.6 Å². The zero-order chi connectivity index (χ0) is 11.4. The van der Waals surface area contributed by atoms with E-state index in [2.05, 4.69) is 15.2 Å². The molecule has 4 nitrogen and oxygen atoms in total. The van der Waals surface area contributed by atoms with E-state index in [0.717, 1.165) is 25.2 Å². The Morgan fingerprint density at radius 2 is 2.44 bits per heavy atom. The van der Waals surface area contributed by atoms with Crippen molar-refractivity contribution in [2.24, 2.45) is 0 Å². The summed E-state index contributed by atoms with van der Waals surface area (Å²) in [5, 5.41) is 3.53. The van der Waals surface area contributed by atoms with Gasteiger partial charge in [-0.05, 0) is 18.6 Å². The number of carbonyl (C=O) groups is 1. The maximum Gasteiger partial charge on any atom is 0.234 e. The fraction of sp³-hybridized carbons (Fsp3) is 0.455. The number of hydrogen-bond donors (Lipinski definition) is 1. The number of hydrogen-bond acceptors (Lipinski definition) is 3. The highest BCUT2D eigenvalue weighted by Gasteiger charge is 2.14. The van der Waals surface area contributed by atoms with Crippen LogP contribution in [-0.2, 0) is 11.3 Å². The van der Waals surface area contributed by atoms with Crippen LogP contribution in [0.4, 0.5) is 0 Å². The van der Waals surface area contributed by atoms with E-state index >= 15 is 0 Å². The number of carbonyl (C=O) groups excluding carboxylic acids is 1. The van der Waals surface area contributed by atoms with Gasteiger partial charge in [0.2, 0.25) is 5.91 Å². The van der Waals surface area contributed by atoms with Gasteiger partial charge in [0.1, 0.15) is 0 Å². The molecule has 0 unspecified atom stereocenters. The van der Waals surface area contributed by atoms with E-state index in [1.54, 1.807) is 12.3 Å². The van der Waals surface area contributed by atoms with Gasteiger partial charge in [-0.1, -0.05) is 11.6 Å². The SMILES string of the molecule is O=C1CN(Cc2cc(Cl)ccn2)CCCN1. The molecule has 5 heteroatoms. The van der Waals surface area contributed by atoms with Gasteiger partial charge in [-0.2, -0.15) is 0 Å². The van der Waals surface area contributed by atoms with Crippen LogP contribution < -0.4 is 5.32 Å². The average molecular weight is 240 g/mol. The van der Waals surface area contributed by atoms with Gasteiger partial charge in [-0.15, -0.1) is 0 Å². The predicted octanol–water partition coefficient (Wildman–Crippen LogP) is 1.06. The van der Waals surface area contributed by atoms with Crippen LogP contribution in [0.1, 0.15) is 12.1 Å². The molecule has 0 bridgehead atoms. The summed E-state index contributed by atoms with van der Waals surface area (Å²) in [6.07, 6.45) is 2.67. The van der Waals surface area contributed by atoms with Crippen molar-refractivity contribution >= 4 is 17.5 Å². The number of rotatable bonds is 2. The zero-order valence-electron chi connectivity index (χ0n) is 8.95. The lowest BCUT2D eigenvalue weighted by molar-refractivity contribution is -0.121. The third-order valence-corrected chi connectivity index (χ3v) is 2.74. The highest BCUT2D eigenvalue weighted by molar-refractivity contribution is 6.30. The van der Waals surface area contributed by atoms with Crippen LogP contribution >= 0.6 is 11.6 Å². The number of halogens is 1. The highest BCUT2D eigenvalue weighted by atomic mass is 35.5. The fourth-order valence-corrected chi connectivity index (χ4v) is 1.95. The van der Waals surface area contributed by atoms with Crippen LogP contribution in [0, 0.1) is 0 Å². The molecule has 1 saturated heterocycles.